The Morgan fingerprint density at radius 3 is 2.80 bits per heavy atom. The Kier molecular flexibility index (Phi) is 4.49. The van der Waals surface area contributed by atoms with Gasteiger partial charge < -0.3 is 5.73 Å². The van der Waals surface area contributed by atoms with E-state index in [1.807, 2.05) is 12.2 Å². The molecule has 4 heteroatoms. The maximum absolute atomic E-state index is 10.5. The predicted octanol–water partition coefficient (Wildman–Crippen LogP) is -0.614. The van der Waals surface area contributed by atoms with Gasteiger partial charge in [-0.15, -0.1) is 0 Å². The highest BCUT2D eigenvalue weighted by molar-refractivity contribution is 5.85. The smallest absolute Gasteiger partial charge is 0.226 e. The van der Waals surface area contributed by atoms with Crippen molar-refractivity contribution in [3.63, 3.8) is 0 Å². The molecule has 0 bridgehead atoms. The molecule has 0 aromatic heterocycles. The molecule has 3 N–H and O–H groups in total. The summed E-state index contributed by atoms with van der Waals surface area (Å²) in [5.41, 5.74) is 5.37. The summed E-state index contributed by atoms with van der Waals surface area (Å²) in [6.45, 7) is 1.81. The number of imide groups is 1. The van der Waals surface area contributed by atoms with Gasteiger partial charge in [-0.2, -0.15) is 0 Å². The molecule has 1 unspecified atom stereocenters. The van der Waals surface area contributed by atoms with E-state index in [0.717, 1.165) is 0 Å². The van der Waals surface area contributed by atoms with Crippen LogP contribution in [0.5, 0.6) is 0 Å². The van der Waals surface area contributed by atoms with Crippen LogP contribution >= 0.6 is 0 Å². The van der Waals surface area contributed by atoms with Crippen LogP contribution in [0.4, 0.5) is 0 Å². The maximum Gasteiger partial charge on any atom is 0.226 e. The van der Waals surface area contributed by atoms with Gasteiger partial charge in [-0.25, -0.2) is 0 Å². The fourth-order valence-electron chi connectivity index (χ4n) is 0.497. The van der Waals surface area contributed by atoms with Crippen LogP contribution in [0.15, 0.2) is 0 Å². The number of hydrogen-bond acceptors (Lipinski definition) is 3. The zero-order valence-electron chi connectivity index (χ0n) is 5.96. The summed E-state index contributed by atoms with van der Waals surface area (Å²) in [5.74, 6) is -0.271. The van der Waals surface area contributed by atoms with Gasteiger partial charge in [-0.1, -0.05) is 0 Å². The molecular weight excluding hydrogens is 132 g/mol. The highest BCUT2D eigenvalue weighted by Gasteiger charge is 2.00. The number of amides is 2. The van der Waals surface area contributed by atoms with Gasteiger partial charge in [-0.05, 0) is 13.3 Å². The fourth-order valence-corrected chi connectivity index (χ4v) is 0.497. The molecule has 58 valence electrons. The van der Waals surface area contributed by atoms with Gasteiger partial charge >= 0.3 is 0 Å². The molecule has 0 rings (SSSR count). The second-order valence-electron chi connectivity index (χ2n) is 2.20. The Morgan fingerprint density at radius 1 is 1.80 bits per heavy atom. The summed E-state index contributed by atoms with van der Waals surface area (Å²) >= 11 is 0. The van der Waals surface area contributed by atoms with Crippen molar-refractivity contribution in [1.29, 1.82) is 0 Å². The van der Waals surface area contributed by atoms with Crippen LogP contribution < -0.4 is 11.1 Å². The molecular formula is C6H12N2O2. The topological polar surface area (TPSA) is 72.2 Å². The average molecular weight is 144 g/mol. The first-order valence-corrected chi connectivity index (χ1v) is 3.15. The Bertz CT molecular complexity index is 123. The van der Waals surface area contributed by atoms with E-state index in [-0.39, 0.29) is 11.9 Å². The molecule has 0 saturated heterocycles. The van der Waals surface area contributed by atoms with Gasteiger partial charge in [0.05, 0.1) is 0 Å². The van der Waals surface area contributed by atoms with Crippen LogP contribution in [0.25, 0.3) is 0 Å². The van der Waals surface area contributed by atoms with Crippen molar-refractivity contribution in [2.24, 2.45) is 5.73 Å². The standard InChI is InChI=1S/C6H12N2O2/c1-5(7)2-3-6(10)8-4-9/h4-5H,2-3,7H2,1H3,(H,8,9,10). The van der Waals surface area contributed by atoms with Crippen molar-refractivity contribution in [2.75, 3.05) is 0 Å². The monoisotopic (exact) mass is 144 g/mol. The Hall–Kier alpha value is -0.900. The van der Waals surface area contributed by atoms with Crippen molar-refractivity contribution in [1.82, 2.24) is 5.32 Å². The molecule has 0 radical (unpaired) electrons. The average Bonchev–Trinajstić information content (AvgIpc) is 1.85. The molecule has 0 saturated carbocycles. The Labute approximate surface area is 59.8 Å². The lowest BCUT2D eigenvalue weighted by atomic mass is 10.2. The molecule has 0 heterocycles. The second kappa shape index (κ2) is 4.93. The van der Waals surface area contributed by atoms with Gasteiger partial charge in [0.2, 0.25) is 12.3 Å². The molecule has 1 atom stereocenters. The van der Waals surface area contributed by atoms with E-state index in [9.17, 15) is 9.59 Å². The first kappa shape index (κ1) is 9.10. The molecule has 2 amide bonds. The summed E-state index contributed by atoms with van der Waals surface area (Å²) in [4.78, 5) is 20.2. The molecule has 0 aromatic rings. The minimum Gasteiger partial charge on any atom is -0.328 e. The van der Waals surface area contributed by atoms with Gasteiger partial charge in [0, 0.05) is 12.5 Å². The van der Waals surface area contributed by atoms with Crippen LogP contribution in [0, 0.1) is 0 Å². The number of carbonyl (C=O) groups is 2. The minimum atomic E-state index is -0.271. The first-order chi connectivity index (χ1) is 4.66. The summed E-state index contributed by atoms with van der Waals surface area (Å²) in [5, 5.41) is 2.03. The lowest BCUT2D eigenvalue weighted by molar-refractivity contribution is -0.125. The molecule has 4 nitrogen and oxygen atoms in total. The third-order valence-corrected chi connectivity index (χ3v) is 1.05. The van der Waals surface area contributed by atoms with Gasteiger partial charge in [-0.3, -0.25) is 14.9 Å². The van der Waals surface area contributed by atoms with Crippen LogP contribution in [-0.2, 0) is 9.59 Å². The van der Waals surface area contributed by atoms with Crippen LogP contribution in [0.3, 0.4) is 0 Å². The number of nitrogens with two attached hydrogens (primary N) is 1. The fraction of sp³-hybridized carbons (Fsp3) is 0.667. The number of carbonyl (C=O) groups excluding carboxylic acids is 2. The zero-order valence-corrected chi connectivity index (χ0v) is 5.96. The number of nitrogens with one attached hydrogen (secondary N) is 1. The molecule has 0 fully saturated rings. The lowest BCUT2D eigenvalue weighted by Gasteiger charge is -2.01. The Morgan fingerprint density at radius 2 is 2.40 bits per heavy atom. The van der Waals surface area contributed by atoms with E-state index in [4.69, 9.17) is 5.73 Å². The van der Waals surface area contributed by atoms with E-state index >= 15 is 0 Å². The molecule has 0 aromatic carbocycles. The quantitative estimate of drug-likeness (QED) is 0.517. The third kappa shape index (κ3) is 5.24. The summed E-state index contributed by atoms with van der Waals surface area (Å²) in [6.07, 6.45) is 1.31. The summed E-state index contributed by atoms with van der Waals surface area (Å²) in [6, 6.07) is 0.0115. The predicted molar refractivity (Wildman–Crippen MR) is 37.1 cm³/mol. The molecule has 0 aliphatic heterocycles. The first-order valence-electron chi connectivity index (χ1n) is 3.15. The van der Waals surface area contributed by atoms with Crippen LogP contribution in [0.1, 0.15) is 19.8 Å². The highest BCUT2D eigenvalue weighted by Crippen LogP contribution is 1.91. The van der Waals surface area contributed by atoms with Crippen molar-refractivity contribution in [3.8, 4) is 0 Å². The number of hydrogen-bond donors (Lipinski definition) is 2. The Balaban J connectivity index is 3.30. The zero-order chi connectivity index (χ0) is 7.98. The largest absolute Gasteiger partial charge is 0.328 e. The molecule has 0 aliphatic rings. The van der Waals surface area contributed by atoms with Crippen molar-refractivity contribution < 1.29 is 9.59 Å². The molecule has 0 spiro atoms. The van der Waals surface area contributed by atoms with Gasteiger partial charge in [0.15, 0.2) is 0 Å². The molecule has 0 aliphatic carbocycles. The highest BCUT2D eigenvalue weighted by atomic mass is 16.2. The minimum absolute atomic E-state index is 0.0115. The van der Waals surface area contributed by atoms with Crippen molar-refractivity contribution >= 4 is 12.3 Å². The van der Waals surface area contributed by atoms with Gasteiger partial charge in [0.25, 0.3) is 0 Å². The normalized spacial score (nSPS) is 12.2. The van der Waals surface area contributed by atoms with E-state index in [1.54, 1.807) is 0 Å². The second-order valence-corrected chi connectivity index (χ2v) is 2.20. The van der Waals surface area contributed by atoms with E-state index in [0.29, 0.717) is 19.3 Å². The third-order valence-electron chi connectivity index (χ3n) is 1.05. The van der Waals surface area contributed by atoms with Crippen molar-refractivity contribution in [2.45, 2.75) is 25.8 Å². The summed E-state index contributed by atoms with van der Waals surface area (Å²) in [7, 11) is 0. The SMILES string of the molecule is CC(N)CCC(=O)NC=O. The van der Waals surface area contributed by atoms with Gasteiger partial charge in [0.1, 0.15) is 0 Å². The maximum atomic E-state index is 10.5. The van der Waals surface area contributed by atoms with E-state index in [2.05, 4.69) is 0 Å². The lowest BCUT2D eigenvalue weighted by Crippen LogP contribution is -2.24. The van der Waals surface area contributed by atoms with Crippen LogP contribution in [-0.4, -0.2) is 18.4 Å². The van der Waals surface area contributed by atoms with E-state index in [1.165, 1.54) is 0 Å². The van der Waals surface area contributed by atoms with Crippen LogP contribution in [0.2, 0.25) is 0 Å². The number of rotatable bonds is 4. The van der Waals surface area contributed by atoms with E-state index < -0.39 is 0 Å². The molecule has 10 heavy (non-hydrogen) atoms. The van der Waals surface area contributed by atoms with Crippen molar-refractivity contribution in [3.05, 3.63) is 0 Å². The summed E-state index contributed by atoms with van der Waals surface area (Å²) < 4.78 is 0.